The Morgan fingerprint density at radius 3 is 2.14 bits per heavy atom. The van der Waals surface area contributed by atoms with Crippen molar-refractivity contribution in [3.05, 3.63) is 35.4 Å². The lowest BCUT2D eigenvalue weighted by Gasteiger charge is -2.21. The molecule has 118 valence electrons. The van der Waals surface area contributed by atoms with E-state index >= 15 is 0 Å². The van der Waals surface area contributed by atoms with E-state index in [1.807, 2.05) is 19.1 Å². The van der Waals surface area contributed by atoms with E-state index in [1.165, 1.54) is 0 Å². The Morgan fingerprint density at radius 1 is 1.14 bits per heavy atom. The van der Waals surface area contributed by atoms with Gasteiger partial charge < -0.3 is 15.1 Å². The Bertz CT molecular complexity index is 460. The van der Waals surface area contributed by atoms with E-state index in [1.54, 1.807) is 43.1 Å². The van der Waals surface area contributed by atoms with Gasteiger partial charge in [0.2, 0.25) is 5.91 Å². The number of likely N-dealkylation sites (N-methyl/N-ethyl adjacent to an activating group) is 2. The third-order valence-electron chi connectivity index (χ3n) is 3.04. The second-order valence-electron chi connectivity index (χ2n) is 4.83. The van der Waals surface area contributed by atoms with Crippen molar-refractivity contribution < 1.29 is 9.59 Å². The van der Waals surface area contributed by atoms with Crippen LogP contribution < -0.4 is 5.32 Å². The minimum absolute atomic E-state index is 0. The molecule has 1 N–H and O–H groups in total. The highest BCUT2D eigenvalue weighted by Gasteiger charge is 2.12. The van der Waals surface area contributed by atoms with Crippen molar-refractivity contribution in [3.8, 4) is 0 Å². The summed E-state index contributed by atoms with van der Waals surface area (Å²) in [5.74, 6) is 0.0543. The molecule has 0 spiro atoms. The summed E-state index contributed by atoms with van der Waals surface area (Å²) < 4.78 is 0. The van der Waals surface area contributed by atoms with Crippen molar-refractivity contribution in [2.45, 2.75) is 13.5 Å². The van der Waals surface area contributed by atoms with Crippen molar-refractivity contribution in [2.75, 3.05) is 34.2 Å². The second kappa shape index (κ2) is 9.37. The van der Waals surface area contributed by atoms with Crippen LogP contribution in [-0.2, 0) is 11.3 Å². The molecule has 0 radical (unpaired) electrons. The first-order valence-electron chi connectivity index (χ1n) is 6.72. The first-order chi connectivity index (χ1) is 9.49. The monoisotopic (exact) mass is 313 g/mol. The molecule has 1 rings (SSSR count). The summed E-state index contributed by atoms with van der Waals surface area (Å²) in [6.07, 6.45) is 0. The Balaban J connectivity index is 0.00000400. The van der Waals surface area contributed by atoms with E-state index in [-0.39, 0.29) is 24.2 Å². The maximum atomic E-state index is 11.8. The SMILES string of the molecule is CCN(Cc1ccc(C(=O)N(C)C)cc1)C(=O)CNC.Cl. The molecule has 0 saturated carbocycles. The minimum Gasteiger partial charge on any atom is -0.345 e. The number of amides is 2. The number of benzene rings is 1. The van der Waals surface area contributed by atoms with Gasteiger partial charge in [0.1, 0.15) is 0 Å². The lowest BCUT2D eigenvalue weighted by molar-refractivity contribution is -0.130. The molecule has 0 fully saturated rings. The zero-order valence-corrected chi connectivity index (χ0v) is 13.9. The van der Waals surface area contributed by atoms with Gasteiger partial charge >= 0.3 is 0 Å². The molecule has 1 aromatic rings. The van der Waals surface area contributed by atoms with Gasteiger partial charge in [-0.15, -0.1) is 12.4 Å². The summed E-state index contributed by atoms with van der Waals surface area (Å²) in [5, 5.41) is 2.86. The number of carbonyl (C=O) groups excluding carboxylic acids is 2. The van der Waals surface area contributed by atoms with Crippen molar-refractivity contribution >= 4 is 24.2 Å². The average Bonchev–Trinajstić information content (AvgIpc) is 2.44. The fraction of sp³-hybridized carbons (Fsp3) is 0.467. The van der Waals surface area contributed by atoms with E-state index < -0.39 is 0 Å². The first-order valence-corrected chi connectivity index (χ1v) is 6.72. The average molecular weight is 314 g/mol. The number of hydrogen-bond acceptors (Lipinski definition) is 3. The molecule has 0 unspecified atom stereocenters. The van der Waals surface area contributed by atoms with Crippen LogP contribution in [0, 0.1) is 0 Å². The molecule has 0 heterocycles. The Hall–Kier alpha value is -1.59. The summed E-state index contributed by atoms with van der Waals surface area (Å²) in [6.45, 7) is 3.52. The number of hydrogen-bond donors (Lipinski definition) is 1. The van der Waals surface area contributed by atoms with Gasteiger partial charge in [-0.2, -0.15) is 0 Å². The molecule has 6 heteroatoms. The fourth-order valence-corrected chi connectivity index (χ4v) is 1.87. The van der Waals surface area contributed by atoms with E-state index in [9.17, 15) is 9.59 Å². The predicted octanol–water partition coefficient (Wildman–Crippen LogP) is 1.38. The third-order valence-corrected chi connectivity index (χ3v) is 3.04. The number of rotatable bonds is 6. The molecule has 5 nitrogen and oxygen atoms in total. The van der Waals surface area contributed by atoms with E-state index in [0.717, 1.165) is 5.56 Å². The number of halogens is 1. The van der Waals surface area contributed by atoms with Gasteiger partial charge in [-0.1, -0.05) is 12.1 Å². The van der Waals surface area contributed by atoms with Gasteiger partial charge in [0.15, 0.2) is 0 Å². The van der Waals surface area contributed by atoms with Crippen molar-refractivity contribution in [2.24, 2.45) is 0 Å². The zero-order chi connectivity index (χ0) is 15.1. The van der Waals surface area contributed by atoms with Crippen LogP contribution in [0.5, 0.6) is 0 Å². The van der Waals surface area contributed by atoms with Crippen molar-refractivity contribution in [3.63, 3.8) is 0 Å². The highest BCUT2D eigenvalue weighted by Crippen LogP contribution is 2.09. The summed E-state index contributed by atoms with van der Waals surface area (Å²) in [5.41, 5.74) is 1.68. The molecule has 0 atom stereocenters. The van der Waals surface area contributed by atoms with Gasteiger partial charge in [-0.3, -0.25) is 9.59 Å². The lowest BCUT2D eigenvalue weighted by atomic mass is 10.1. The van der Waals surface area contributed by atoms with Crippen LogP contribution in [0.25, 0.3) is 0 Å². The van der Waals surface area contributed by atoms with Crippen LogP contribution in [0.15, 0.2) is 24.3 Å². The molecule has 0 saturated heterocycles. The van der Waals surface area contributed by atoms with Crippen LogP contribution in [-0.4, -0.2) is 55.8 Å². The zero-order valence-electron chi connectivity index (χ0n) is 13.0. The maximum Gasteiger partial charge on any atom is 0.253 e. The maximum absolute atomic E-state index is 11.8. The minimum atomic E-state index is -0.0184. The van der Waals surface area contributed by atoms with E-state index in [2.05, 4.69) is 5.32 Å². The molecule has 0 bridgehead atoms. The van der Waals surface area contributed by atoms with Gasteiger partial charge in [-0.25, -0.2) is 0 Å². The Morgan fingerprint density at radius 2 is 1.71 bits per heavy atom. The Labute approximate surface area is 132 Å². The quantitative estimate of drug-likeness (QED) is 0.863. The van der Waals surface area contributed by atoms with Crippen LogP contribution >= 0.6 is 12.4 Å². The lowest BCUT2D eigenvalue weighted by Crippen LogP contribution is -2.36. The highest BCUT2D eigenvalue weighted by molar-refractivity contribution is 5.93. The van der Waals surface area contributed by atoms with Crippen molar-refractivity contribution in [1.29, 1.82) is 0 Å². The summed E-state index contributed by atoms with van der Waals surface area (Å²) in [7, 11) is 5.21. The highest BCUT2D eigenvalue weighted by atomic mass is 35.5. The molecular formula is C15H24ClN3O2. The van der Waals surface area contributed by atoms with Crippen LogP contribution in [0.2, 0.25) is 0 Å². The topological polar surface area (TPSA) is 52.7 Å². The van der Waals surface area contributed by atoms with E-state index in [4.69, 9.17) is 0 Å². The number of nitrogens with one attached hydrogen (secondary N) is 1. The standard InChI is InChI=1S/C15H23N3O2.ClH/c1-5-18(14(19)10-16-2)11-12-6-8-13(9-7-12)15(20)17(3)4;/h6-9,16H,5,10-11H2,1-4H3;1H. The second-order valence-corrected chi connectivity index (χ2v) is 4.83. The van der Waals surface area contributed by atoms with Gasteiger partial charge in [0.25, 0.3) is 5.91 Å². The predicted molar refractivity (Wildman–Crippen MR) is 86.7 cm³/mol. The van der Waals surface area contributed by atoms with Gasteiger partial charge in [0, 0.05) is 32.7 Å². The van der Waals surface area contributed by atoms with Gasteiger partial charge in [0.05, 0.1) is 6.54 Å². The largest absolute Gasteiger partial charge is 0.345 e. The van der Waals surface area contributed by atoms with E-state index in [0.29, 0.717) is 25.2 Å². The molecule has 0 aliphatic rings. The molecule has 21 heavy (non-hydrogen) atoms. The summed E-state index contributed by atoms with van der Waals surface area (Å²) in [6, 6.07) is 7.39. The first kappa shape index (κ1) is 19.4. The molecule has 0 aromatic heterocycles. The molecular weight excluding hydrogens is 290 g/mol. The number of nitrogens with zero attached hydrogens (tertiary/aromatic N) is 2. The summed E-state index contributed by atoms with van der Waals surface area (Å²) >= 11 is 0. The molecule has 2 amide bonds. The molecule has 1 aromatic carbocycles. The fourth-order valence-electron chi connectivity index (χ4n) is 1.87. The molecule has 0 aliphatic carbocycles. The third kappa shape index (κ3) is 5.73. The van der Waals surface area contributed by atoms with Crippen molar-refractivity contribution in [1.82, 2.24) is 15.1 Å². The van der Waals surface area contributed by atoms with Crippen LogP contribution in [0.3, 0.4) is 0 Å². The van der Waals surface area contributed by atoms with Crippen LogP contribution in [0.1, 0.15) is 22.8 Å². The normalized spacial score (nSPS) is 9.71. The molecule has 0 aliphatic heterocycles. The smallest absolute Gasteiger partial charge is 0.253 e. The van der Waals surface area contributed by atoms with Gasteiger partial charge in [-0.05, 0) is 31.7 Å². The number of carbonyl (C=O) groups is 2. The van der Waals surface area contributed by atoms with Crippen LogP contribution in [0.4, 0.5) is 0 Å². The summed E-state index contributed by atoms with van der Waals surface area (Å²) in [4.78, 5) is 26.9. The Kier molecular flexibility index (Phi) is 8.66.